The van der Waals surface area contributed by atoms with Crippen LogP contribution in [-0.2, 0) is 16.1 Å². The molecule has 0 bridgehead atoms. The van der Waals surface area contributed by atoms with Gasteiger partial charge in [-0.25, -0.2) is 9.48 Å². The zero-order valence-electron chi connectivity index (χ0n) is 19.1. The minimum atomic E-state index is -0.839. The van der Waals surface area contributed by atoms with Gasteiger partial charge in [0.25, 0.3) is 17.4 Å². The first-order valence-electron chi connectivity index (χ1n) is 11.5. The summed E-state index contributed by atoms with van der Waals surface area (Å²) >= 11 is 0. The lowest BCUT2D eigenvalue weighted by Gasteiger charge is -2.15. The number of carbonyl (C=O) groups is 3. The van der Waals surface area contributed by atoms with Crippen molar-refractivity contribution in [2.75, 3.05) is 11.9 Å². The lowest BCUT2D eigenvalue weighted by Crippen LogP contribution is -2.33. The van der Waals surface area contributed by atoms with Crippen molar-refractivity contribution >= 4 is 23.5 Å². The lowest BCUT2D eigenvalue weighted by molar-refractivity contribution is -0.119. The standard InChI is InChI=1S/C26H26N4O5/c31-23(28-21-13-7-6-12-20(21)25(33)27-19-10-4-5-11-19)17-35-26(34)22-14-15-24(32)30(29-22)16-18-8-2-1-3-9-18/h1-3,6-9,12-15,19H,4-5,10-11,16-17H2,(H,27,33)(H,28,31). The van der Waals surface area contributed by atoms with Crippen LogP contribution in [0.3, 0.4) is 0 Å². The highest BCUT2D eigenvalue weighted by Gasteiger charge is 2.20. The number of hydrogen-bond donors (Lipinski definition) is 2. The molecule has 2 amide bonds. The van der Waals surface area contributed by atoms with Crippen LogP contribution >= 0.6 is 0 Å². The largest absolute Gasteiger partial charge is 0.451 e. The van der Waals surface area contributed by atoms with Crippen molar-refractivity contribution in [2.24, 2.45) is 0 Å². The number of rotatable bonds is 8. The zero-order chi connectivity index (χ0) is 24.6. The first-order valence-corrected chi connectivity index (χ1v) is 11.5. The summed E-state index contributed by atoms with van der Waals surface area (Å²) in [6, 6.07) is 18.5. The number of anilines is 1. The van der Waals surface area contributed by atoms with E-state index in [1.165, 1.54) is 12.1 Å². The minimum Gasteiger partial charge on any atom is -0.451 e. The molecule has 9 nitrogen and oxygen atoms in total. The third-order valence-electron chi connectivity index (χ3n) is 5.72. The normalized spacial score (nSPS) is 13.3. The highest BCUT2D eigenvalue weighted by Crippen LogP contribution is 2.20. The molecule has 2 aromatic carbocycles. The van der Waals surface area contributed by atoms with Gasteiger partial charge in [0.1, 0.15) is 0 Å². The number of amides is 2. The van der Waals surface area contributed by atoms with Crippen LogP contribution in [-0.4, -0.2) is 40.2 Å². The fourth-order valence-corrected chi connectivity index (χ4v) is 3.94. The molecule has 9 heteroatoms. The van der Waals surface area contributed by atoms with Gasteiger partial charge in [-0.3, -0.25) is 14.4 Å². The van der Waals surface area contributed by atoms with Gasteiger partial charge in [-0.05, 0) is 36.6 Å². The van der Waals surface area contributed by atoms with Crippen LogP contribution in [0.5, 0.6) is 0 Å². The van der Waals surface area contributed by atoms with E-state index < -0.39 is 18.5 Å². The SMILES string of the molecule is O=C(COC(=O)c1ccc(=O)n(Cc2ccccc2)n1)Nc1ccccc1C(=O)NC1CCCC1. The molecule has 0 spiro atoms. The van der Waals surface area contributed by atoms with E-state index in [4.69, 9.17) is 4.74 Å². The van der Waals surface area contributed by atoms with Crippen molar-refractivity contribution in [3.63, 3.8) is 0 Å². The Kier molecular flexibility index (Phi) is 7.67. The molecule has 2 N–H and O–H groups in total. The van der Waals surface area contributed by atoms with E-state index in [9.17, 15) is 19.2 Å². The highest BCUT2D eigenvalue weighted by atomic mass is 16.5. The second kappa shape index (κ2) is 11.2. The van der Waals surface area contributed by atoms with Crippen LogP contribution in [0.25, 0.3) is 0 Å². The molecule has 1 aliphatic rings. The Morgan fingerprint density at radius 2 is 1.66 bits per heavy atom. The van der Waals surface area contributed by atoms with E-state index in [2.05, 4.69) is 15.7 Å². The van der Waals surface area contributed by atoms with Crippen molar-refractivity contribution in [3.05, 3.63) is 93.9 Å². The Hall–Kier alpha value is -4.27. The molecule has 0 atom stereocenters. The number of nitrogens with zero attached hydrogens (tertiary/aromatic N) is 2. The van der Waals surface area contributed by atoms with Crippen LogP contribution in [0.4, 0.5) is 5.69 Å². The summed E-state index contributed by atoms with van der Waals surface area (Å²) in [7, 11) is 0. The number of hydrogen-bond acceptors (Lipinski definition) is 6. The maximum absolute atomic E-state index is 12.7. The van der Waals surface area contributed by atoms with Gasteiger partial charge in [-0.15, -0.1) is 0 Å². The summed E-state index contributed by atoms with van der Waals surface area (Å²) in [4.78, 5) is 49.7. The summed E-state index contributed by atoms with van der Waals surface area (Å²) in [5, 5.41) is 9.68. The summed E-state index contributed by atoms with van der Waals surface area (Å²) in [5.74, 6) is -1.69. The molecule has 3 aromatic rings. The van der Waals surface area contributed by atoms with Crippen LogP contribution < -0.4 is 16.2 Å². The lowest BCUT2D eigenvalue weighted by atomic mass is 10.1. The number of para-hydroxylation sites is 1. The predicted octanol–water partition coefficient (Wildman–Crippen LogP) is 2.76. The van der Waals surface area contributed by atoms with Crippen LogP contribution in [0.15, 0.2) is 71.5 Å². The van der Waals surface area contributed by atoms with Gasteiger partial charge >= 0.3 is 5.97 Å². The quantitative estimate of drug-likeness (QED) is 0.485. The van der Waals surface area contributed by atoms with E-state index in [1.807, 2.05) is 30.3 Å². The van der Waals surface area contributed by atoms with E-state index in [-0.39, 0.29) is 29.7 Å². The first-order chi connectivity index (χ1) is 17.0. The number of aromatic nitrogens is 2. The zero-order valence-corrected chi connectivity index (χ0v) is 19.1. The molecule has 0 aliphatic heterocycles. The van der Waals surface area contributed by atoms with Gasteiger partial charge < -0.3 is 15.4 Å². The Labute approximate surface area is 202 Å². The topological polar surface area (TPSA) is 119 Å². The number of carbonyl (C=O) groups excluding carboxylic acids is 3. The smallest absolute Gasteiger partial charge is 0.359 e. The van der Waals surface area contributed by atoms with Gasteiger partial charge in [0, 0.05) is 12.1 Å². The highest BCUT2D eigenvalue weighted by molar-refractivity contribution is 6.04. The van der Waals surface area contributed by atoms with E-state index in [0.717, 1.165) is 35.9 Å². The van der Waals surface area contributed by atoms with E-state index in [1.54, 1.807) is 24.3 Å². The van der Waals surface area contributed by atoms with Gasteiger partial charge in [0.05, 0.1) is 17.8 Å². The van der Waals surface area contributed by atoms with Crippen molar-refractivity contribution in [1.82, 2.24) is 15.1 Å². The van der Waals surface area contributed by atoms with Crippen LogP contribution in [0.1, 0.15) is 52.1 Å². The molecule has 35 heavy (non-hydrogen) atoms. The Morgan fingerprint density at radius 3 is 2.43 bits per heavy atom. The second-order valence-electron chi connectivity index (χ2n) is 8.32. The molecule has 0 unspecified atom stereocenters. The fourth-order valence-electron chi connectivity index (χ4n) is 3.94. The van der Waals surface area contributed by atoms with E-state index >= 15 is 0 Å². The van der Waals surface area contributed by atoms with Crippen molar-refractivity contribution in [1.29, 1.82) is 0 Å². The van der Waals surface area contributed by atoms with Crippen LogP contribution in [0, 0.1) is 0 Å². The molecule has 0 radical (unpaired) electrons. The number of esters is 1. The van der Waals surface area contributed by atoms with Crippen molar-refractivity contribution in [3.8, 4) is 0 Å². The molecule has 180 valence electrons. The maximum Gasteiger partial charge on any atom is 0.359 e. The Morgan fingerprint density at radius 1 is 0.943 bits per heavy atom. The molecule has 1 fully saturated rings. The fraction of sp³-hybridized carbons (Fsp3) is 0.269. The number of benzene rings is 2. The average molecular weight is 475 g/mol. The van der Waals surface area contributed by atoms with Gasteiger partial charge in [-0.2, -0.15) is 5.10 Å². The number of nitrogens with one attached hydrogen (secondary N) is 2. The maximum atomic E-state index is 12.7. The van der Waals surface area contributed by atoms with Gasteiger partial charge in [-0.1, -0.05) is 55.3 Å². The molecule has 0 saturated heterocycles. The van der Waals surface area contributed by atoms with Gasteiger partial charge in [0.15, 0.2) is 12.3 Å². The Balaban J connectivity index is 1.35. The summed E-state index contributed by atoms with van der Waals surface area (Å²) in [6.45, 7) is -0.377. The number of ether oxygens (including phenoxy) is 1. The molecular formula is C26H26N4O5. The van der Waals surface area contributed by atoms with E-state index in [0.29, 0.717) is 11.3 Å². The Bertz CT molecular complexity index is 1270. The average Bonchev–Trinajstić information content (AvgIpc) is 3.38. The predicted molar refractivity (Wildman–Crippen MR) is 129 cm³/mol. The third-order valence-corrected chi connectivity index (χ3v) is 5.72. The summed E-state index contributed by atoms with van der Waals surface area (Å²) < 4.78 is 6.24. The van der Waals surface area contributed by atoms with Gasteiger partial charge in [0.2, 0.25) is 0 Å². The van der Waals surface area contributed by atoms with Crippen molar-refractivity contribution < 1.29 is 19.1 Å². The molecule has 1 aliphatic carbocycles. The minimum absolute atomic E-state index is 0.0929. The molecule has 4 rings (SSSR count). The second-order valence-corrected chi connectivity index (χ2v) is 8.32. The first kappa shape index (κ1) is 23.9. The molecule has 1 saturated carbocycles. The third kappa shape index (κ3) is 6.41. The monoisotopic (exact) mass is 474 g/mol. The summed E-state index contributed by atoms with van der Waals surface area (Å²) in [6.07, 6.45) is 4.08. The molecule has 1 heterocycles. The molecular weight excluding hydrogens is 448 g/mol. The molecule has 1 aromatic heterocycles. The summed E-state index contributed by atoms with van der Waals surface area (Å²) in [5.41, 5.74) is 1.07. The van der Waals surface area contributed by atoms with Crippen LogP contribution in [0.2, 0.25) is 0 Å². The van der Waals surface area contributed by atoms with Crippen molar-refractivity contribution in [2.45, 2.75) is 38.3 Å².